The van der Waals surface area contributed by atoms with Crippen molar-refractivity contribution in [2.45, 2.75) is 0 Å². The third kappa shape index (κ3) is 5.82. The van der Waals surface area contributed by atoms with Crippen molar-refractivity contribution in [3.63, 3.8) is 0 Å². The molecule has 272 valence electrons. The molecule has 0 amide bonds. The highest BCUT2D eigenvalue weighted by molar-refractivity contribution is 6.16. The largest absolute Gasteiger partial charge is 0.455 e. The minimum Gasteiger partial charge on any atom is -0.455 e. The van der Waals surface area contributed by atoms with Gasteiger partial charge in [-0.3, -0.25) is 0 Å². The standard InChI is InChI=1S/C56H37NO/c1-4-14-38(15-5-1)43-28-35-53(52(37-43)40-18-8-3-9-19-40)57(46-31-32-48-44(36-46)25-24-41-20-10-11-21-47(41)48)45-29-26-42(27-30-45)49-33-34-50(39-16-6-2-7-17-39)56-55(49)51-22-12-13-23-54(51)58-56/h1-37H. The van der Waals surface area contributed by atoms with Gasteiger partial charge in [0.05, 0.1) is 5.69 Å². The molecule has 0 aliphatic heterocycles. The van der Waals surface area contributed by atoms with Gasteiger partial charge >= 0.3 is 0 Å². The number of fused-ring (bicyclic) bond motifs is 6. The van der Waals surface area contributed by atoms with Crippen LogP contribution in [0, 0.1) is 0 Å². The van der Waals surface area contributed by atoms with Crippen molar-refractivity contribution in [1.29, 1.82) is 0 Å². The van der Waals surface area contributed by atoms with Crippen LogP contribution in [0.1, 0.15) is 0 Å². The fourth-order valence-corrected chi connectivity index (χ4v) is 8.66. The van der Waals surface area contributed by atoms with Crippen molar-refractivity contribution >= 4 is 60.5 Å². The molecule has 0 bridgehead atoms. The Balaban J connectivity index is 1.10. The first-order valence-electron chi connectivity index (χ1n) is 19.8. The third-order valence-electron chi connectivity index (χ3n) is 11.5. The molecular weight excluding hydrogens is 703 g/mol. The number of anilines is 3. The summed E-state index contributed by atoms with van der Waals surface area (Å²) >= 11 is 0. The summed E-state index contributed by atoms with van der Waals surface area (Å²) in [6, 6.07) is 80.7. The summed E-state index contributed by atoms with van der Waals surface area (Å²) in [7, 11) is 0. The number of para-hydroxylation sites is 1. The molecule has 11 rings (SSSR count). The zero-order chi connectivity index (χ0) is 38.4. The predicted molar refractivity (Wildman–Crippen MR) is 245 cm³/mol. The van der Waals surface area contributed by atoms with Gasteiger partial charge in [-0.25, -0.2) is 0 Å². The summed E-state index contributed by atoms with van der Waals surface area (Å²) in [6.45, 7) is 0. The normalized spacial score (nSPS) is 11.4. The van der Waals surface area contributed by atoms with Gasteiger partial charge in [-0.2, -0.15) is 0 Å². The Morgan fingerprint density at radius 3 is 1.62 bits per heavy atom. The lowest BCUT2D eigenvalue weighted by molar-refractivity contribution is 0.670. The molecule has 10 aromatic carbocycles. The maximum absolute atomic E-state index is 6.63. The molecule has 0 saturated carbocycles. The highest BCUT2D eigenvalue weighted by Crippen LogP contribution is 2.46. The zero-order valence-corrected chi connectivity index (χ0v) is 31.7. The lowest BCUT2D eigenvalue weighted by Gasteiger charge is -2.29. The van der Waals surface area contributed by atoms with Crippen LogP contribution in [0.5, 0.6) is 0 Å². The van der Waals surface area contributed by atoms with E-state index in [2.05, 4.69) is 223 Å². The van der Waals surface area contributed by atoms with Crippen molar-refractivity contribution in [3.8, 4) is 44.5 Å². The smallest absolute Gasteiger partial charge is 0.143 e. The van der Waals surface area contributed by atoms with Gasteiger partial charge in [-0.05, 0) is 103 Å². The SMILES string of the molecule is c1ccc(-c2ccc(N(c3ccc(-c4ccc(-c5ccccc5)c5oc6ccccc6c45)cc3)c3ccc4c(ccc5ccccc54)c3)c(-c3ccccc3)c2)cc1. The summed E-state index contributed by atoms with van der Waals surface area (Å²) in [4.78, 5) is 2.41. The molecule has 0 atom stereocenters. The maximum atomic E-state index is 6.63. The zero-order valence-electron chi connectivity index (χ0n) is 31.7. The van der Waals surface area contributed by atoms with Crippen LogP contribution >= 0.6 is 0 Å². The van der Waals surface area contributed by atoms with Crippen molar-refractivity contribution in [2.75, 3.05) is 4.90 Å². The van der Waals surface area contributed by atoms with Crippen LogP contribution < -0.4 is 4.90 Å². The number of nitrogens with zero attached hydrogens (tertiary/aromatic N) is 1. The summed E-state index contributed by atoms with van der Waals surface area (Å²) in [5.74, 6) is 0. The van der Waals surface area contributed by atoms with Crippen molar-refractivity contribution in [3.05, 3.63) is 224 Å². The molecule has 0 aliphatic rings. The average Bonchev–Trinajstić information content (AvgIpc) is 3.70. The van der Waals surface area contributed by atoms with Gasteiger partial charge in [-0.15, -0.1) is 0 Å². The molecule has 2 nitrogen and oxygen atoms in total. The quantitative estimate of drug-likeness (QED) is 0.151. The van der Waals surface area contributed by atoms with Crippen LogP contribution in [0.3, 0.4) is 0 Å². The first-order valence-corrected chi connectivity index (χ1v) is 19.8. The fourth-order valence-electron chi connectivity index (χ4n) is 8.66. The molecule has 0 aliphatic carbocycles. The van der Waals surface area contributed by atoms with Crippen molar-refractivity contribution in [1.82, 2.24) is 0 Å². The van der Waals surface area contributed by atoms with Gasteiger partial charge in [0.15, 0.2) is 0 Å². The van der Waals surface area contributed by atoms with Crippen molar-refractivity contribution in [2.24, 2.45) is 0 Å². The molecule has 1 heterocycles. The third-order valence-corrected chi connectivity index (χ3v) is 11.5. The Bertz CT molecular complexity index is 3260. The van der Waals surface area contributed by atoms with Gasteiger partial charge in [0, 0.05) is 33.3 Å². The Hall–Kier alpha value is -7.68. The van der Waals surface area contributed by atoms with Gasteiger partial charge in [0.1, 0.15) is 11.2 Å². The van der Waals surface area contributed by atoms with E-state index in [1.165, 1.54) is 32.7 Å². The lowest BCUT2D eigenvalue weighted by atomic mass is 9.94. The molecule has 0 N–H and O–H groups in total. The first-order chi connectivity index (χ1) is 28.8. The molecule has 0 spiro atoms. The van der Waals surface area contributed by atoms with E-state index in [1.54, 1.807) is 0 Å². The Kier molecular flexibility index (Phi) is 8.19. The lowest BCUT2D eigenvalue weighted by Crippen LogP contribution is -2.11. The van der Waals surface area contributed by atoms with E-state index in [0.29, 0.717) is 0 Å². The number of hydrogen-bond donors (Lipinski definition) is 0. The highest BCUT2D eigenvalue weighted by atomic mass is 16.3. The Morgan fingerprint density at radius 2 is 0.862 bits per heavy atom. The number of furan rings is 1. The van der Waals surface area contributed by atoms with E-state index in [4.69, 9.17) is 4.42 Å². The van der Waals surface area contributed by atoms with Crippen LogP contribution in [0.2, 0.25) is 0 Å². The van der Waals surface area contributed by atoms with E-state index in [0.717, 1.165) is 72.4 Å². The second-order valence-electron chi connectivity index (χ2n) is 14.9. The minimum atomic E-state index is 0.890. The van der Waals surface area contributed by atoms with E-state index in [1.807, 2.05) is 6.07 Å². The Morgan fingerprint density at radius 1 is 0.310 bits per heavy atom. The van der Waals surface area contributed by atoms with Crippen LogP contribution in [0.25, 0.3) is 88.0 Å². The molecule has 1 aromatic heterocycles. The maximum Gasteiger partial charge on any atom is 0.143 e. The fraction of sp³-hybridized carbons (Fsp3) is 0. The molecule has 0 saturated heterocycles. The van der Waals surface area contributed by atoms with Gasteiger partial charge < -0.3 is 9.32 Å². The second kappa shape index (κ2) is 14.1. The van der Waals surface area contributed by atoms with Gasteiger partial charge in [-0.1, -0.05) is 176 Å². The molecule has 0 fully saturated rings. The number of rotatable bonds is 7. The topological polar surface area (TPSA) is 16.4 Å². The highest BCUT2D eigenvalue weighted by Gasteiger charge is 2.21. The molecule has 0 unspecified atom stereocenters. The predicted octanol–water partition coefficient (Wildman–Crippen LogP) is 16.0. The Labute approximate surface area is 337 Å². The molecule has 11 aromatic rings. The molecular formula is C56H37NO. The average molecular weight is 740 g/mol. The molecule has 2 heteroatoms. The van der Waals surface area contributed by atoms with E-state index in [-0.39, 0.29) is 0 Å². The minimum absolute atomic E-state index is 0.890. The monoisotopic (exact) mass is 739 g/mol. The molecule has 0 radical (unpaired) electrons. The van der Waals surface area contributed by atoms with Crippen molar-refractivity contribution < 1.29 is 4.42 Å². The first kappa shape index (κ1) is 33.6. The van der Waals surface area contributed by atoms with Gasteiger partial charge in [0.25, 0.3) is 0 Å². The van der Waals surface area contributed by atoms with E-state index in [9.17, 15) is 0 Å². The second-order valence-corrected chi connectivity index (χ2v) is 14.9. The summed E-state index contributed by atoms with van der Waals surface area (Å²) in [5, 5.41) is 7.20. The van der Waals surface area contributed by atoms with Crippen LogP contribution in [0.4, 0.5) is 17.1 Å². The summed E-state index contributed by atoms with van der Waals surface area (Å²) in [5.41, 5.74) is 14.3. The van der Waals surface area contributed by atoms with E-state index >= 15 is 0 Å². The molecule has 58 heavy (non-hydrogen) atoms. The van der Waals surface area contributed by atoms with Gasteiger partial charge in [0.2, 0.25) is 0 Å². The summed E-state index contributed by atoms with van der Waals surface area (Å²) in [6.07, 6.45) is 0. The number of benzene rings is 10. The van der Waals surface area contributed by atoms with Crippen LogP contribution in [-0.4, -0.2) is 0 Å². The summed E-state index contributed by atoms with van der Waals surface area (Å²) < 4.78 is 6.63. The van der Waals surface area contributed by atoms with Crippen LogP contribution in [-0.2, 0) is 0 Å². The van der Waals surface area contributed by atoms with E-state index < -0.39 is 0 Å². The van der Waals surface area contributed by atoms with Crippen LogP contribution in [0.15, 0.2) is 229 Å². The number of hydrogen-bond acceptors (Lipinski definition) is 2.